The van der Waals surface area contributed by atoms with E-state index in [4.69, 9.17) is 27.9 Å². The minimum Gasteiger partial charge on any atom is -0.492 e. The first-order chi connectivity index (χ1) is 10.2. The van der Waals surface area contributed by atoms with Crippen LogP contribution in [0.1, 0.15) is 37.3 Å². The van der Waals surface area contributed by atoms with E-state index < -0.39 is 0 Å². The van der Waals surface area contributed by atoms with E-state index in [0.29, 0.717) is 16.1 Å². The van der Waals surface area contributed by atoms with Crippen molar-refractivity contribution in [3.8, 4) is 5.75 Å². The maximum Gasteiger partial charge on any atom is 0.142 e. The standard InChI is InChI=1S/C17H19Cl2NO/c18-10-6-11-13(3-4-21-17(11)12(19)7-10)20-16-14-8-1-2-9(5-8)15(14)16/h6-9,13-16,20H,1-5H2. The second kappa shape index (κ2) is 4.53. The van der Waals surface area contributed by atoms with Gasteiger partial charge in [0.1, 0.15) is 5.75 Å². The number of rotatable bonds is 2. The van der Waals surface area contributed by atoms with E-state index in [9.17, 15) is 0 Å². The average Bonchev–Trinajstić information content (AvgIpc) is 2.85. The highest BCUT2D eigenvalue weighted by Gasteiger charge is 2.65. The fraction of sp³-hybridized carbons (Fsp3) is 0.647. The predicted octanol–water partition coefficient (Wildman–Crippen LogP) is 4.45. The summed E-state index contributed by atoms with van der Waals surface area (Å²) in [5.74, 6) is 4.73. The number of fused-ring (bicyclic) bond motifs is 6. The molecule has 1 aromatic rings. The first-order valence-electron chi connectivity index (χ1n) is 8.10. The van der Waals surface area contributed by atoms with Crippen molar-refractivity contribution in [2.45, 2.75) is 37.8 Å². The van der Waals surface area contributed by atoms with Crippen LogP contribution >= 0.6 is 23.2 Å². The third-order valence-corrected chi connectivity index (χ3v) is 6.69. The molecule has 0 radical (unpaired) electrons. The van der Waals surface area contributed by atoms with Crippen LogP contribution in [0.25, 0.3) is 0 Å². The van der Waals surface area contributed by atoms with Crippen molar-refractivity contribution in [1.29, 1.82) is 0 Å². The Kier molecular flexibility index (Phi) is 2.81. The van der Waals surface area contributed by atoms with Crippen LogP contribution in [0.2, 0.25) is 10.0 Å². The van der Waals surface area contributed by atoms with Crippen LogP contribution < -0.4 is 10.1 Å². The highest BCUT2D eigenvalue weighted by Crippen LogP contribution is 2.66. The number of halogens is 2. The summed E-state index contributed by atoms with van der Waals surface area (Å²) in [6.45, 7) is 0.737. The minimum absolute atomic E-state index is 0.347. The molecule has 4 heteroatoms. The van der Waals surface area contributed by atoms with E-state index in [0.717, 1.165) is 54.1 Å². The summed E-state index contributed by atoms with van der Waals surface area (Å²) in [6, 6.07) is 4.87. The van der Waals surface area contributed by atoms with Gasteiger partial charge >= 0.3 is 0 Å². The van der Waals surface area contributed by atoms with E-state index in [1.165, 1.54) is 19.3 Å². The maximum atomic E-state index is 6.28. The quantitative estimate of drug-likeness (QED) is 0.868. The fourth-order valence-electron chi connectivity index (χ4n) is 5.38. The molecule has 4 aliphatic rings. The van der Waals surface area contributed by atoms with Crippen molar-refractivity contribution >= 4 is 23.2 Å². The largest absolute Gasteiger partial charge is 0.492 e. The molecule has 0 spiro atoms. The molecular weight excluding hydrogens is 305 g/mol. The van der Waals surface area contributed by atoms with Crippen molar-refractivity contribution in [2.24, 2.45) is 23.7 Å². The Hall–Kier alpha value is -0.440. The van der Waals surface area contributed by atoms with Gasteiger partial charge in [-0.2, -0.15) is 0 Å². The zero-order chi connectivity index (χ0) is 14.1. The second-order valence-electron chi connectivity index (χ2n) is 7.18. The summed E-state index contributed by atoms with van der Waals surface area (Å²) in [4.78, 5) is 0. The van der Waals surface area contributed by atoms with Gasteiger partial charge in [-0.1, -0.05) is 23.2 Å². The van der Waals surface area contributed by atoms with Crippen LogP contribution in [-0.4, -0.2) is 12.6 Å². The lowest BCUT2D eigenvalue weighted by molar-refractivity contribution is 0.247. The molecular formula is C17H19Cl2NO. The fourth-order valence-corrected chi connectivity index (χ4v) is 5.94. The monoisotopic (exact) mass is 323 g/mol. The molecule has 2 bridgehead atoms. The molecule has 3 aliphatic carbocycles. The van der Waals surface area contributed by atoms with Gasteiger partial charge in [0.15, 0.2) is 0 Å². The van der Waals surface area contributed by atoms with Crippen LogP contribution in [0.15, 0.2) is 12.1 Å². The van der Waals surface area contributed by atoms with E-state index >= 15 is 0 Å². The zero-order valence-corrected chi connectivity index (χ0v) is 13.3. The first-order valence-corrected chi connectivity index (χ1v) is 8.86. The summed E-state index contributed by atoms with van der Waals surface area (Å²) < 4.78 is 5.76. The van der Waals surface area contributed by atoms with Gasteiger partial charge in [-0.3, -0.25) is 0 Å². The lowest BCUT2D eigenvalue weighted by Gasteiger charge is -2.28. The van der Waals surface area contributed by atoms with Crippen LogP contribution in [0, 0.1) is 23.7 Å². The summed E-state index contributed by atoms with van der Waals surface area (Å²) >= 11 is 12.5. The third kappa shape index (κ3) is 1.89. The van der Waals surface area contributed by atoms with E-state index in [1.54, 1.807) is 6.07 Å². The lowest BCUT2D eigenvalue weighted by atomic mass is 9.99. The first kappa shape index (κ1) is 13.0. The summed E-state index contributed by atoms with van der Waals surface area (Å²) in [7, 11) is 0. The van der Waals surface area contributed by atoms with Crippen molar-refractivity contribution in [3.05, 3.63) is 27.7 Å². The van der Waals surface area contributed by atoms with Gasteiger partial charge in [-0.05, 0) is 55.1 Å². The second-order valence-corrected chi connectivity index (χ2v) is 8.02. The molecule has 1 aliphatic heterocycles. The highest BCUT2D eigenvalue weighted by atomic mass is 35.5. The Labute approximate surface area is 135 Å². The van der Waals surface area contributed by atoms with Crippen LogP contribution in [-0.2, 0) is 0 Å². The van der Waals surface area contributed by atoms with Crippen molar-refractivity contribution < 1.29 is 4.74 Å². The van der Waals surface area contributed by atoms with Gasteiger partial charge in [0, 0.05) is 29.1 Å². The van der Waals surface area contributed by atoms with Gasteiger partial charge in [-0.25, -0.2) is 0 Å². The van der Waals surface area contributed by atoms with Crippen LogP contribution in [0.3, 0.4) is 0 Å². The van der Waals surface area contributed by atoms with Crippen molar-refractivity contribution in [3.63, 3.8) is 0 Å². The Morgan fingerprint density at radius 1 is 1.05 bits per heavy atom. The number of hydrogen-bond donors (Lipinski definition) is 1. The molecule has 5 unspecified atom stereocenters. The third-order valence-electron chi connectivity index (χ3n) is 6.19. The zero-order valence-electron chi connectivity index (χ0n) is 11.8. The Morgan fingerprint density at radius 2 is 1.81 bits per heavy atom. The lowest BCUT2D eigenvalue weighted by Crippen LogP contribution is -2.31. The smallest absolute Gasteiger partial charge is 0.142 e. The normalized spacial score (nSPS) is 42.4. The van der Waals surface area contributed by atoms with E-state index in [-0.39, 0.29) is 0 Å². The van der Waals surface area contributed by atoms with Gasteiger partial charge in [0.25, 0.3) is 0 Å². The molecule has 5 rings (SSSR count). The molecule has 0 saturated heterocycles. The Bertz CT molecular complexity index is 589. The molecule has 112 valence electrons. The van der Waals surface area contributed by atoms with Crippen LogP contribution in [0.4, 0.5) is 0 Å². The average molecular weight is 324 g/mol. The Balaban J connectivity index is 1.40. The topological polar surface area (TPSA) is 21.3 Å². The van der Waals surface area contributed by atoms with E-state index in [2.05, 4.69) is 5.32 Å². The van der Waals surface area contributed by atoms with Crippen LogP contribution in [0.5, 0.6) is 5.75 Å². The van der Waals surface area contributed by atoms with Crippen molar-refractivity contribution in [1.82, 2.24) is 5.32 Å². The molecule has 2 nitrogen and oxygen atoms in total. The Morgan fingerprint density at radius 3 is 2.57 bits per heavy atom. The molecule has 0 amide bonds. The van der Waals surface area contributed by atoms with Gasteiger partial charge in [0.2, 0.25) is 0 Å². The van der Waals surface area contributed by atoms with Gasteiger partial charge < -0.3 is 10.1 Å². The molecule has 1 N–H and O–H groups in total. The summed E-state index contributed by atoms with van der Waals surface area (Å²) in [6.07, 6.45) is 5.43. The number of benzene rings is 1. The SMILES string of the molecule is Clc1cc(Cl)c2c(c1)C(NC1C3C4CCC(C4)C13)CCO2. The maximum absolute atomic E-state index is 6.28. The van der Waals surface area contributed by atoms with Crippen molar-refractivity contribution in [2.75, 3.05) is 6.61 Å². The molecule has 1 heterocycles. The number of ether oxygens (including phenoxy) is 1. The molecule has 5 atom stereocenters. The molecule has 21 heavy (non-hydrogen) atoms. The molecule has 0 aromatic heterocycles. The predicted molar refractivity (Wildman–Crippen MR) is 84.0 cm³/mol. The molecule has 3 saturated carbocycles. The van der Waals surface area contributed by atoms with E-state index in [1.807, 2.05) is 6.07 Å². The molecule has 3 fully saturated rings. The molecule has 1 aromatic carbocycles. The summed E-state index contributed by atoms with van der Waals surface area (Å²) in [5, 5.41) is 5.25. The minimum atomic E-state index is 0.347. The van der Waals surface area contributed by atoms with Gasteiger partial charge in [-0.15, -0.1) is 0 Å². The number of hydrogen-bond acceptors (Lipinski definition) is 2. The highest BCUT2D eigenvalue weighted by molar-refractivity contribution is 6.35. The summed E-state index contributed by atoms with van der Waals surface area (Å²) in [5.41, 5.74) is 1.15. The number of nitrogens with one attached hydrogen (secondary N) is 1. The van der Waals surface area contributed by atoms with Gasteiger partial charge in [0.05, 0.1) is 11.6 Å².